The van der Waals surface area contributed by atoms with Crippen LogP contribution in [0.2, 0.25) is 0 Å². The van der Waals surface area contributed by atoms with Crippen molar-refractivity contribution < 1.29 is 0 Å². The number of allylic oxidation sites excluding steroid dienone is 3. The minimum Gasteiger partial charge on any atom is -0.399 e. The van der Waals surface area contributed by atoms with Gasteiger partial charge in [0.25, 0.3) is 0 Å². The van der Waals surface area contributed by atoms with Crippen LogP contribution in [0.5, 0.6) is 0 Å². The van der Waals surface area contributed by atoms with E-state index in [1.54, 1.807) is 0 Å². The first-order chi connectivity index (χ1) is 9.10. The molecule has 0 atom stereocenters. The van der Waals surface area contributed by atoms with E-state index < -0.39 is 0 Å². The van der Waals surface area contributed by atoms with E-state index in [0.717, 1.165) is 28.4 Å². The highest BCUT2D eigenvalue weighted by Crippen LogP contribution is 2.19. The van der Waals surface area contributed by atoms with Gasteiger partial charge in [-0.15, -0.1) is 0 Å². The van der Waals surface area contributed by atoms with E-state index in [4.69, 9.17) is 11.5 Å². The zero-order chi connectivity index (χ0) is 13.8. The first-order valence-corrected chi connectivity index (χ1v) is 6.25. The third-order valence-electron chi connectivity index (χ3n) is 2.81. The van der Waals surface area contributed by atoms with E-state index >= 15 is 0 Å². The Kier molecular flexibility index (Phi) is 3.80. The van der Waals surface area contributed by atoms with Crippen molar-refractivity contribution in [3.8, 4) is 0 Å². The summed E-state index contributed by atoms with van der Waals surface area (Å²) in [5, 5.41) is 0. The molecule has 0 saturated heterocycles. The molecule has 1 aromatic carbocycles. The van der Waals surface area contributed by atoms with Crippen molar-refractivity contribution >= 4 is 22.8 Å². The van der Waals surface area contributed by atoms with Crippen molar-refractivity contribution in [1.82, 2.24) is 0 Å². The average Bonchev–Trinajstić information content (AvgIpc) is 2.36. The van der Waals surface area contributed by atoms with Crippen molar-refractivity contribution in [1.29, 1.82) is 0 Å². The Hall–Kier alpha value is -2.36. The summed E-state index contributed by atoms with van der Waals surface area (Å²) < 4.78 is 0. The van der Waals surface area contributed by atoms with Crippen LogP contribution < -0.4 is 11.5 Å². The lowest BCUT2D eigenvalue weighted by molar-refractivity contribution is 1.13. The Morgan fingerprint density at radius 2 is 1.89 bits per heavy atom. The second kappa shape index (κ2) is 5.52. The number of aliphatic imine (C=N–C) groups is 2. The highest BCUT2D eigenvalue weighted by Gasteiger charge is 2.12. The molecule has 98 valence electrons. The van der Waals surface area contributed by atoms with Gasteiger partial charge in [0.1, 0.15) is 0 Å². The molecule has 1 aliphatic rings. The number of benzene rings is 1. The Morgan fingerprint density at radius 1 is 1.11 bits per heavy atom. The van der Waals surface area contributed by atoms with Gasteiger partial charge in [-0.05, 0) is 49.8 Å². The summed E-state index contributed by atoms with van der Waals surface area (Å²) in [6, 6.07) is 7.44. The fraction of sp³-hybridized carbons (Fsp3) is 0.200. The van der Waals surface area contributed by atoms with Gasteiger partial charge in [0, 0.05) is 17.9 Å². The fourth-order valence-electron chi connectivity index (χ4n) is 1.82. The molecule has 0 spiro atoms. The Balaban J connectivity index is 2.44. The van der Waals surface area contributed by atoms with Crippen LogP contribution in [0.15, 0.2) is 57.7 Å². The third-order valence-corrected chi connectivity index (χ3v) is 2.81. The number of hydrogen-bond acceptors (Lipinski definition) is 4. The molecule has 0 amide bonds. The third kappa shape index (κ3) is 3.10. The van der Waals surface area contributed by atoms with Crippen LogP contribution in [0.25, 0.3) is 0 Å². The molecule has 1 aliphatic carbocycles. The summed E-state index contributed by atoms with van der Waals surface area (Å²) in [6.45, 7) is 4.67. The maximum Gasteiger partial charge on any atom is 0.0909 e. The van der Waals surface area contributed by atoms with E-state index in [1.807, 2.05) is 50.3 Å². The average molecular weight is 254 g/mol. The van der Waals surface area contributed by atoms with Crippen molar-refractivity contribution in [3.63, 3.8) is 0 Å². The van der Waals surface area contributed by atoms with E-state index in [1.165, 1.54) is 0 Å². The normalized spacial score (nSPS) is 19.5. The molecule has 1 aromatic rings. The second-order valence-corrected chi connectivity index (χ2v) is 4.38. The predicted molar refractivity (Wildman–Crippen MR) is 82.0 cm³/mol. The molecule has 0 fully saturated rings. The monoisotopic (exact) mass is 254 g/mol. The highest BCUT2D eigenvalue weighted by molar-refractivity contribution is 6.51. The first-order valence-electron chi connectivity index (χ1n) is 6.25. The molecular weight excluding hydrogens is 236 g/mol. The van der Waals surface area contributed by atoms with Gasteiger partial charge in [-0.1, -0.05) is 6.07 Å². The first kappa shape index (κ1) is 13.1. The van der Waals surface area contributed by atoms with Crippen LogP contribution >= 0.6 is 0 Å². The van der Waals surface area contributed by atoms with E-state index in [9.17, 15) is 0 Å². The van der Waals surface area contributed by atoms with Crippen LogP contribution in [0.3, 0.4) is 0 Å². The quantitative estimate of drug-likeness (QED) is 0.628. The van der Waals surface area contributed by atoms with Crippen LogP contribution in [-0.4, -0.2) is 18.0 Å². The summed E-state index contributed by atoms with van der Waals surface area (Å²) in [4.78, 5) is 9.02. The summed E-state index contributed by atoms with van der Waals surface area (Å²) in [5.74, 6) is 0. The maximum absolute atomic E-state index is 5.94. The molecule has 4 heteroatoms. The minimum atomic E-state index is 0.690. The van der Waals surface area contributed by atoms with Crippen molar-refractivity contribution in [3.05, 3.63) is 47.7 Å². The van der Waals surface area contributed by atoms with Gasteiger partial charge in [0.2, 0.25) is 0 Å². The van der Waals surface area contributed by atoms with Gasteiger partial charge in [-0.3, -0.25) is 4.99 Å². The topological polar surface area (TPSA) is 76.8 Å². The van der Waals surface area contributed by atoms with E-state index in [-0.39, 0.29) is 0 Å². The molecule has 0 saturated carbocycles. The molecule has 0 radical (unpaired) electrons. The van der Waals surface area contributed by atoms with Gasteiger partial charge in [0.05, 0.1) is 17.1 Å². The Bertz CT molecular complexity index is 606. The molecular formula is C15H18N4. The van der Waals surface area contributed by atoms with Crippen LogP contribution in [0.4, 0.5) is 11.4 Å². The smallest absolute Gasteiger partial charge is 0.0909 e. The van der Waals surface area contributed by atoms with Crippen molar-refractivity contribution in [2.45, 2.75) is 13.8 Å². The lowest BCUT2D eigenvalue weighted by Gasteiger charge is -2.12. The molecule has 2 rings (SSSR count). The number of nitrogens with two attached hydrogens (primary N) is 2. The SMILES string of the molecule is CCN=C1C=C(C)C(N)=CC1=Nc1cccc(N)c1. The fourth-order valence-corrected chi connectivity index (χ4v) is 1.82. The number of nitrogens with zero attached hydrogens (tertiary/aromatic N) is 2. The predicted octanol–water partition coefficient (Wildman–Crippen LogP) is 2.60. The number of nitrogen functional groups attached to an aromatic ring is 1. The summed E-state index contributed by atoms with van der Waals surface area (Å²) >= 11 is 0. The van der Waals surface area contributed by atoms with E-state index in [2.05, 4.69) is 9.98 Å². The van der Waals surface area contributed by atoms with Crippen molar-refractivity contribution in [2.75, 3.05) is 12.3 Å². The van der Waals surface area contributed by atoms with Gasteiger partial charge >= 0.3 is 0 Å². The van der Waals surface area contributed by atoms with Crippen LogP contribution in [-0.2, 0) is 0 Å². The molecule has 4 N–H and O–H groups in total. The summed E-state index contributed by atoms with van der Waals surface area (Å²) in [6.07, 6.45) is 3.82. The van der Waals surface area contributed by atoms with Crippen LogP contribution in [0.1, 0.15) is 13.8 Å². The zero-order valence-electron chi connectivity index (χ0n) is 11.2. The largest absolute Gasteiger partial charge is 0.399 e. The molecule has 0 bridgehead atoms. The zero-order valence-corrected chi connectivity index (χ0v) is 11.2. The van der Waals surface area contributed by atoms with Crippen molar-refractivity contribution in [2.24, 2.45) is 15.7 Å². The molecule has 0 heterocycles. The second-order valence-electron chi connectivity index (χ2n) is 4.38. The van der Waals surface area contributed by atoms with Crippen LogP contribution in [0, 0.1) is 0 Å². The van der Waals surface area contributed by atoms with Gasteiger partial charge in [0.15, 0.2) is 0 Å². The molecule has 0 aliphatic heterocycles. The summed E-state index contributed by atoms with van der Waals surface area (Å²) in [7, 11) is 0. The lowest BCUT2D eigenvalue weighted by Crippen LogP contribution is -2.18. The minimum absolute atomic E-state index is 0.690. The standard InChI is InChI=1S/C15H18N4/c1-3-18-14-7-10(2)13(17)9-15(14)19-12-6-4-5-11(16)8-12/h4-9H,3,16-17H2,1-2H3. The van der Waals surface area contributed by atoms with Gasteiger partial charge in [-0.25, -0.2) is 4.99 Å². The van der Waals surface area contributed by atoms with Gasteiger partial charge in [-0.2, -0.15) is 0 Å². The number of hydrogen-bond donors (Lipinski definition) is 2. The molecule has 0 aromatic heterocycles. The number of anilines is 1. The highest BCUT2D eigenvalue weighted by atomic mass is 14.8. The van der Waals surface area contributed by atoms with E-state index in [0.29, 0.717) is 12.2 Å². The lowest BCUT2D eigenvalue weighted by atomic mass is 10.0. The molecule has 4 nitrogen and oxygen atoms in total. The summed E-state index contributed by atoms with van der Waals surface area (Å²) in [5.41, 5.74) is 16.6. The Labute approximate surface area is 113 Å². The van der Waals surface area contributed by atoms with Gasteiger partial charge < -0.3 is 11.5 Å². The molecule has 19 heavy (non-hydrogen) atoms. The Morgan fingerprint density at radius 3 is 2.58 bits per heavy atom. The molecule has 0 unspecified atom stereocenters. The number of rotatable bonds is 2. The maximum atomic E-state index is 5.94.